The summed E-state index contributed by atoms with van der Waals surface area (Å²) in [5.41, 5.74) is 2.35. The molecular weight excluding hydrogens is 388 g/mol. The van der Waals surface area contributed by atoms with Crippen molar-refractivity contribution in [3.63, 3.8) is 0 Å². The third kappa shape index (κ3) is 6.93. The number of carbonyl (C=O) groups excluding carboxylic acids is 3. The molecule has 1 amide bonds. The molecule has 0 spiro atoms. The Balaban J connectivity index is 1.71. The van der Waals surface area contributed by atoms with E-state index in [2.05, 4.69) is 31.3 Å². The van der Waals surface area contributed by atoms with E-state index in [9.17, 15) is 24.5 Å². The maximum absolute atomic E-state index is 12.1. The van der Waals surface area contributed by atoms with Gasteiger partial charge < -0.3 is 10.1 Å². The summed E-state index contributed by atoms with van der Waals surface area (Å²) in [5.74, 6) is -2.13. The van der Waals surface area contributed by atoms with E-state index in [1.54, 1.807) is 6.92 Å². The second kappa shape index (κ2) is 10.8. The van der Waals surface area contributed by atoms with Crippen molar-refractivity contribution in [3.05, 3.63) is 45.5 Å². The van der Waals surface area contributed by atoms with Crippen molar-refractivity contribution in [2.45, 2.75) is 46.0 Å². The SMILES string of the molecule is CC(C)c1ccc(CCNC(=O)COC(=O)C[C@H]2C(=O)C[C@@H](C)[C@H]2C[N+](=O)[O-])cc1. The number of nitro groups is 1. The highest BCUT2D eigenvalue weighted by atomic mass is 16.6. The summed E-state index contributed by atoms with van der Waals surface area (Å²) in [6.07, 6.45) is 0.668. The molecule has 0 radical (unpaired) electrons. The molecule has 8 nitrogen and oxygen atoms in total. The van der Waals surface area contributed by atoms with Crippen LogP contribution in [0.3, 0.4) is 0 Å². The topological polar surface area (TPSA) is 116 Å². The zero-order valence-electron chi connectivity index (χ0n) is 17.8. The van der Waals surface area contributed by atoms with Crippen LogP contribution in [0.1, 0.15) is 50.7 Å². The highest BCUT2D eigenvalue weighted by molar-refractivity contribution is 5.88. The number of amides is 1. The maximum Gasteiger partial charge on any atom is 0.307 e. The minimum atomic E-state index is -0.713. The van der Waals surface area contributed by atoms with Gasteiger partial charge in [0.05, 0.1) is 6.42 Å². The molecule has 1 saturated carbocycles. The first-order valence-electron chi connectivity index (χ1n) is 10.3. The van der Waals surface area contributed by atoms with Gasteiger partial charge in [-0.1, -0.05) is 45.0 Å². The van der Waals surface area contributed by atoms with Crippen LogP contribution in [0.15, 0.2) is 24.3 Å². The third-order valence-corrected chi connectivity index (χ3v) is 5.68. The summed E-state index contributed by atoms with van der Waals surface area (Å²) < 4.78 is 4.97. The summed E-state index contributed by atoms with van der Waals surface area (Å²) in [6, 6.07) is 8.20. The van der Waals surface area contributed by atoms with Gasteiger partial charge in [0.15, 0.2) is 6.61 Å². The number of esters is 1. The number of hydrogen-bond acceptors (Lipinski definition) is 6. The van der Waals surface area contributed by atoms with Crippen LogP contribution in [0.4, 0.5) is 0 Å². The van der Waals surface area contributed by atoms with Crippen LogP contribution in [0.5, 0.6) is 0 Å². The molecule has 3 atom stereocenters. The highest BCUT2D eigenvalue weighted by Gasteiger charge is 2.44. The smallest absolute Gasteiger partial charge is 0.307 e. The summed E-state index contributed by atoms with van der Waals surface area (Å²) in [7, 11) is 0. The van der Waals surface area contributed by atoms with Gasteiger partial charge >= 0.3 is 5.97 Å². The number of benzene rings is 1. The lowest BCUT2D eigenvalue weighted by atomic mass is 9.88. The molecule has 1 aliphatic carbocycles. The minimum Gasteiger partial charge on any atom is -0.456 e. The molecule has 1 aromatic carbocycles. The van der Waals surface area contributed by atoms with Gasteiger partial charge in [-0.05, 0) is 29.4 Å². The fourth-order valence-corrected chi connectivity index (χ4v) is 3.85. The number of rotatable bonds is 10. The van der Waals surface area contributed by atoms with E-state index in [0.717, 1.165) is 5.56 Å². The molecule has 30 heavy (non-hydrogen) atoms. The van der Waals surface area contributed by atoms with E-state index < -0.39 is 35.2 Å². The lowest BCUT2D eigenvalue weighted by Crippen LogP contribution is -2.32. The maximum atomic E-state index is 12.1. The summed E-state index contributed by atoms with van der Waals surface area (Å²) >= 11 is 0. The summed E-state index contributed by atoms with van der Waals surface area (Å²) in [5, 5.41) is 13.5. The predicted molar refractivity (Wildman–Crippen MR) is 110 cm³/mol. The average molecular weight is 418 g/mol. The Bertz CT molecular complexity index is 774. The third-order valence-electron chi connectivity index (χ3n) is 5.68. The number of ketones is 1. The Kier molecular flexibility index (Phi) is 8.50. The van der Waals surface area contributed by atoms with Crippen LogP contribution in [-0.2, 0) is 25.5 Å². The van der Waals surface area contributed by atoms with Crippen molar-refractivity contribution in [2.75, 3.05) is 19.7 Å². The highest BCUT2D eigenvalue weighted by Crippen LogP contribution is 2.36. The second-order valence-corrected chi connectivity index (χ2v) is 8.29. The molecule has 0 heterocycles. The molecule has 1 aromatic rings. The fraction of sp³-hybridized carbons (Fsp3) is 0.591. The number of ether oxygens (including phenoxy) is 1. The zero-order chi connectivity index (χ0) is 22.3. The number of Topliss-reactive ketones (excluding diaryl/α,β-unsaturated/α-hetero) is 1. The van der Waals surface area contributed by atoms with Crippen molar-refractivity contribution in [1.29, 1.82) is 0 Å². The van der Waals surface area contributed by atoms with Gasteiger partial charge in [0.25, 0.3) is 5.91 Å². The van der Waals surface area contributed by atoms with Crippen molar-refractivity contribution in [2.24, 2.45) is 17.8 Å². The van der Waals surface area contributed by atoms with Crippen molar-refractivity contribution < 1.29 is 24.0 Å². The van der Waals surface area contributed by atoms with Crippen molar-refractivity contribution in [3.8, 4) is 0 Å². The Morgan fingerprint density at radius 3 is 2.53 bits per heavy atom. The molecule has 1 fully saturated rings. The quantitative estimate of drug-likeness (QED) is 0.355. The van der Waals surface area contributed by atoms with Gasteiger partial charge in [0.1, 0.15) is 5.78 Å². The fourth-order valence-electron chi connectivity index (χ4n) is 3.85. The van der Waals surface area contributed by atoms with E-state index in [-0.39, 0.29) is 31.1 Å². The Morgan fingerprint density at radius 1 is 1.27 bits per heavy atom. The molecular formula is C22H30N2O6. The van der Waals surface area contributed by atoms with Crippen molar-refractivity contribution >= 4 is 17.7 Å². The molecule has 0 saturated heterocycles. The molecule has 1 N–H and O–H groups in total. The molecule has 0 aliphatic heterocycles. The van der Waals surface area contributed by atoms with Gasteiger partial charge in [0, 0.05) is 29.7 Å². The Morgan fingerprint density at radius 2 is 1.93 bits per heavy atom. The molecule has 164 valence electrons. The lowest BCUT2D eigenvalue weighted by molar-refractivity contribution is -0.490. The zero-order valence-corrected chi connectivity index (χ0v) is 17.8. The predicted octanol–water partition coefficient (Wildman–Crippen LogP) is 2.52. The Labute approximate surface area is 176 Å². The number of hydrogen-bond donors (Lipinski definition) is 1. The largest absolute Gasteiger partial charge is 0.456 e. The Hall–Kier alpha value is -2.77. The van der Waals surface area contributed by atoms with Crippen LogP contribution < -0.4 is 5.32 Å². The standard InChI is InChI=1S/C22H30N2O6/c1-14(2)17-6-4-16(5-7-17)8-9-23-21(26)13-30-22(27)11-18-19(12-24(28)29)15(3)10-20(18)25/h4-7,14-15,18-19H,8-13H2,1-3H3,(H,23,26)/t15-,18-,19-/m1/s1. The van der Waals surface area contributed by atoms with E-state index in [1.165, 1.54) is 5.56 Å². The van der Waals surface area contributed by atoms with E-state index in [0.29, 0.717) is 18.9 Å². The molecule has 2 rings (SSSR count). The number of nitrogens with zero attached hydrogens (tertiary/aromatic N) is 1. The van der Waals surface area contributed by atoms with Crippen LogP contribution >= 0.6 is 0 Å². The van der Waals surface area contributed by atoms with E-state index in [1.807, 2.05) is 12.1 Å². The lowest BCUT2D eigenvalue weighted by Gasteiger charge is -2.17. The number of carbonyl (C=O) groups is 3. The molecule has 1 aliphatic rings. The van der Waals surface area contributed by atoms with Gasteiger partial charge in [-0.25, -0.2) is 0 Å². The van der Waals surface area contributed by atoms with E-state index >= 15 is 0 Å². The van der Waals surface area contributed by atoms with Gasteiger partial charge in [-0.2, -0.15) is 0 Å². The van der Waals surface area contributed by atoms with Gasteiger partial charge in [-0.3, -0.25) is 24.5 Å². The average Bonchev–Trinajstić information content (AvgIpc) is 2.93. The monoisotopic (exact) mass is 418 g/mol. The molecule has 0 bridgehead atoms. The van der Waals surface area contributed by atoms with Crippen LogP contribution in [-0.4, -0.2) is 42.3 Å². The first kappa shape index (κ1) is 23.5. The second-order valence-electron chi connectivity index (χ2n) is 8.29. The molecule has 0 aromatic heterocycles. The normalized spacial score (nSPS) is 20.9. The van der Waals surface area contributed by atoms with Crippen LogP contribution in [0.25, 0.3) is 0 Å². The molecule has 8 heteroatoms. The van der Waals surface area contributed by atoms with Crippen LogP contribution in [0, 0.1) is 27.9 Å². The van der Waals surface area contributed by atoms with Crippen LogP contribution in [0.2, 0.25) is 0 Å². The first-order chi connectivity index (χ1) is 14.2. The first-order valence-corrected chi connectivity index (χ1v) is 10.3. The van der Waals surface area contributed by atoms with Gasteiger partial charge in [-0.15, -0.1) is 0 Å². The summed E-state index contributed by atoms with van der Waals surface area (Å²) in [6.45, 7) is 5.68. The summed E-state index contributed by atoms with van der Waals surface area (Å²) in [4.78, 5) is 46.4. The minimum absolute atomic E-state index is 0.140. The number of nitrogens with one attached hydrogen (secondary N) is 1. The van der Waals surface area contributed by atoms with Gasteiger partial charge in [0.2, 0.25) is 6.54 Å². The van der Waals surface area contributed by atoms with E-state index in [4.69, 9.17) is 4.74 Å². The van der Waals surface area contributed by atoms with Crippen molar-refractivity contribution in [1.82, 2.24) is 5.32 Å². The molecule has 0 unspecified atom stereocenters.